The first-order chi connectivity index (χ1) is 6.41. The lowest BCUT2D eigenvalue weighted by atomic mass is 10.1. The van der Waals surface area contributed by atoms with Crippen molar-refractivity contribution < 1.29 is 0 Å². The Kier molecular flexibility index (Phi) is 11.1. The van der Waals surface area contributed by atoms with Gasteiger partial charge < -0.3 is 5.73 Å². The topological polar surface area (TPSA) is 26.0 Å². The van der Waals surface area contributed by atoms with Gasteiger partial charge in [-0.3, -0.25) is 0 Å². The molecule has 0 rings (SSSR count). The van der Waals surface area contributed by atoms with E-state index in [2.05, 4.69) is 18.8 Å². The van der Waals surface area contributed by atoms with Gasteiger partial charge in [-0.05, 0) is 6.42 Å². The third-order valence-corrected chi connectivity index (χ3v) is 2.05. The highest BCUT2D eigenvalue weighted by atomic mass is 14.5. The molecule has 1 heteroatoms. The van der Waals surface area contributed by atoms with Crippen LogP contribution in [0, 0.1) is 11.8 Å². The Labute approximate surface area is 83.1 Å². The second-order valence-electron chi connectivity index (χ2n) is 3.41. The number of nitrogens with two attached hydrogens (primary N) is 1. The van der Waals surface area contributed by atoms with E-state index in [1.807, 2.05) is 0 Å². The van der Waals surface area contributed by atoms with Gasteiger partial charge in [-0.15, -0.1) is 11.8 Å². The van der Waals surface area contributed by atoms with Crippen molar-refractivity contribution in [1.29, 1.82) is 0 Å². The van der Waals surface area contributed by atoms with Crippen molar-refractivity contribution in [2.75, 3.05) is 6.54 Å². The summed E-state index contributed by atoms with van der Waals surface area (Å²) in [4.78, 5) is 0. The third-order valence-electron chi connectivity index (χ3n) is 2.05. The fourth-order valence-electron chi connectivity index (χ4n) is 1.24. The zero-order valence-corrected chi connectivity index (χ0v) is 8.94. The van der Waals surface area contributed by atoms with Crippen LogP contribution in [0.1, 0.15) is 58.3 Å². The Balaban J connectivity index is 2.96. The van der Waals surface area contributed by atoms with E-state index in [4.69, 9.17) is 5.73 Å². The summed E-state index contributed by atoms with van der Waals surface area (Å²) in [6.45, 7) is 2.95. The molecule has 0 bridgehead atoms. The molecule has 0 fully saturated rings. The minimum atomic E-state index is 0.698. The molecule has 13 heavy (non-hydrogen) atoms. The minimum Gasteiger partial charge on any atom is -0.330 e. The number of hydrogen-bond donors (Lipinski definition) is 1. The van der Waals surface area contributed by atoms with Crippen LogP contribution in [0.3, 0.4) is 0 Å². The molecule has 0 radical (unpaired) electrons. The number of rotatable bonds is 7. The van der Waals surface area contributed by atoms with E-state index in [1.165, 1.54) is 38.5 Å². The molecule has 0 aliphatic heterocycles. The molecule has 0 saturated carbocycles. The van der Waals surface area contributed by atoms with Crippen molar-refractivity contribution in [3.8, 4) is 11.8 Å². The van der Waals surface area contributed by atoms with Gasteiger partial charge in [-0.1, -0.05) is 39.0 Å². The van der Waals surface area contributed by atoms with Gasteiger partial charge in [-0.25, -0.2) is 0 Å². The quantitative estimate of drug-likeness (QED) is 0.474. The first kappa shape index (κ1) is 12.5. The standard InChI is InChI=1S/C12H23N/c1-2-3-4-5-6-7-8-9-10-11-12-13/h2-8,11-13H2,1H3. The zero-order valence-electron chi connectivity index (χ0n) is 8.94. The molecule has 0 unspecified atom stereocenters. The van der Waals surface area contributed by atoms with E-state index >= 15 is 0 Å². The van der Waals surface area contributed by atoms with Crippen LogP contribution in [0.5, 0.6) is 0 Å². The first-order valence-corrected chi connectivity index (χ1v) is 5.57. The summed E-state index contributed by atoms with van der Waals surface area (Å²) in [5, 5.41) is 0. The predicted molar refractivity (Wildman–Crippen MR) is 59.4 cm³/mol. The first-order valence-electron chi connectivity index (χ1n) is 5.57. The van der Waals surface area contributed by atoms with Crippen molar-refractivity contribution >= 4 is 0 Å². The van der Waals surface area contributed by atoms with Gasteiger partial charge in [0.1, 0.15) is 0 Å². The average Bonchev–Trinajstić information content (AvgIpc) is 2.16. The molecular formula is C12H23N. The molecule has 0 atom stereocenters. The van der Waals surface area contributed by atoms with E-state index in [0.29, 0.717) is 6.54 Å². The maximum absolute atomic E-state index is 5.32. The molecule has 2 N–H and O–H groups in total. The molecule has 0 spiro atoms. The van der Waals surface area contributed by atoms with Crippen LogP contribution in [0.15, 0.2) is 0 Å². The zero-order chi connectivity index (χ0) is 9.78. The van der Waals surface area contributed by atoms with Crippen molar-refractivity contribution in [3.05, 3.63) is 0 Å². The van der Waals surface area contributed by atoms with Gasteiger partial charge in [0.2, 0.25) is 0 Å². The molecule has 0 aliphatic carbocycles. The lowest BCUT2D eigenvalue weighted by molar-refractivity contribution is 0.614. The summed E-state index contributed by atoms with van der Waals surface area (Å²) in [6, 6.07) is 0. The van der Waals surface area contributed by atoms with E-state index in [-0.39, 0.29) is 0 Å². The maximum Gasteiger partial charge on any atom is 0.0212 e. The largest absolute Gasteiger partial charge is 0.330 e. The molecular weight excluding hydrogens is 158 g/mol. The van der Waals surface area contributed by atoms with Crippen LogP contribution in [-0.2, 0) is 0 Å². The summed E-state index contributed by atoms with van der Waals surface area (Å²) in [6.07, 6.45) is 10.0. The van der Waals surface area contributed by atoms with Crippen molar-refractivity contribution in [1.82, 2.24) is 0 Å². The molecule has 0 aliphatic rings. The Hall–Kier alpha value is -0.480. The highest BCUT2D eigenvalue weighted by molar-refractivity contribution is 4.98. The van der Waals surface area contributed by atoms with Crippen LogP contribution in [0.25, 0.3) is 0 Å². The fraction of sp³-hybridized carbons (Fsp3) is 0.833. The van der Waals surface area contributed by atoms with Crippen LogP contribution in [0.2, 0.25) is 0 Å². The molecule has 0 aromatic heterocycles. The molecule has 76 valence electrons. The second-order valence-corrected chi connectivity index (χ2v) is 3.41. The summed E-state index contributed by atoms with van der Waals surface area (Å²) >= 11 is 0. The SMILES string of the molecule is CCCCCCCCC#CCCN. The lowest BCUT2D eigenvalue weighted by Crippen LogP contribution is -1.95. The average molecular weight is 181 g/mol. The fourth-order valence-corrected chi connectivity index (χ4v) is 1.24. The normalized spacial score (nSPS) is 9.38. The smallest absolute Gasteiger partial charge is 0.0212 e. The maximum atomic E-state index is 5.32. The van der Waals surface area contributed by atoms with Gasteiger partial charge in [0, 0.05) is 19.4 Å². The van der Waals surface area contributed by atoms with Crippen LogP contribution < -0.4 is 5.73 Å². The Morgan fingerprint density at radius 3 is 2.15 bits per heavy atom. The van der Waals surface area contributed by atoms with E-state index in [9.17, 15) is 0 Å². The molecule has 0 amide bonds. The van der Waals surface area contributed by atoms with E-state index < -0.39 is 0 Å². The molecule has 0 heterocycles. The summed E-state index contributed by atoms with van der Waals surface area (Å²) < 4.78 is 0. The highest BCUT2D eigenvalue weighted by Crippen LogP contribution is 2.05. The van der Waals surface area contributed by atoms with Crippen molar-refractivity contribution in [3.63, 3.8) is 0 Å². The minimum absolute atomic E-state index is 0.698. The number of unbranched alkanes of at least 4 members (excludes halogenated alkanes) is 6. The summed E-state index contributed by atoms with van der Waals surface area (Å²) in [5.74, 6) is 6.21. The molecule has 0 aromatic carbocycles. The highest BCUT2D eigenvalue weighted by Gasteiger charge is 1.87. The summed E-state index contributed by atoms with van der Waals surface area (Å²) in [5.41, 5.74) is 5.32. The predicted octanol–water partition coefficient (Wildman–Crippen LogP) is 3.09. The molecule has 0 aromatic rings. The van der Waals surface area contributed by atoms with Gasteiger partial charge >= 0.3 is 0 Å². The van der Waals surface area contributed by atoms with E-state index in [1.54, 1.807) is 0 Å². The van der Waals surface area contributed by atoms with Crippen LogP contribution >= 0.6 is 0 Å². The lowest BCUT2D eigenvalue weighted by Gasteiger charge is -1.96. The molecule has 0 saturated heterocycles. The summed E-state index contributed by atoms with van der Waals surface area (Å²) in [7, 11) is 0. The third kappa shape index (κ3) is 11.5. The molecule has 1 nitrogen and oxygen atoms in total. The van der Waals surface area contributed by atoms with Crippen molar-refractivity contribution in [2.24, 2.45) is 5.73 Å². The van der Waals surface area contributed by atoms with Crippen LogP contribution in [0.4, 0.5) is 0 Å². The second kappa shape index (κ2) is 11.5. The number of hydrogen-bond acceptors (Lipinski definition) is 1. The monoisotopic (exact) mass is 181 g/mol. The van der Waals surface area contributed by atoms with Crippen molar-refractivity contribution in [2.45, 2.75) is 58.3 Å². The van der Waals surface area contributed by atoms with Gasteiger partial charge in [0.15, 0.2) is 0 Å². The Bertz CT molecular complexity index is 141. The van der Waals surface area contributed by atoms with E-state index in [0.717, 1.165) is 12.8 Å². The Morgan fingerprint density at radius 2 is 1.46 bits per heavy atom. The van der Waals surface area contributed by atoms with Crippen LogP contribution in [-0.4, -0.2) is 6.54 Å². The Morgan fingerprint density at radius 1 is 0.846 bits per heavy atom. The van der Waals surface area contributed by atoms with Gasteiger partial charge in [-0.2, -0.15) is 0 Å². The van der Waals surface area contributed by atoms with Gasteiger partial charge in [0.25, 0.3) is 0 Å². The van der Waals surface area contributed by atoms with Gasteiger partial charge in [0.05, 0.1) is 0 Å².